The minimum atomic E-state index is 0.189. The average molecular weight is 193 g/mol. The molecule has 0 heterocycles. The van der Waals surface area contributed by atoms with Gasteiger partial charge in [-0.05, 0) is 36.5 Å². The Balaban J connectivity index is 2.01. The summed E-state index contributed by atoms with van der Waals surface area (Å²) in [6.45, 7) is 1.16. The Labute approximate surface area is 83.5 Å². The number of phenols is 1. The number of hydrogen-bond donors (Lipinski definition) is 2. The fourth-order valence-corrected chi connectivity index (χ4v) is 1.30. The molecule has 0 radical (unpaired) electrons. The lowest BCUT2D eigenvalue weighted by Gasteiger charge is -2.08. The van der Waals surface area contributed by atoms with Gasteiger partial charge >= 0.3 is 0 Å². The van der Waals surface area contributed by atoms with Crippen molar-refractivity contribution >= 4 is 0 Å². The fourth-order valence-electron chi connectivity index (χ4n) is 1.30. The van der Waals surface area contributed by atoms with Gasteiger partial charge in [0.05, 0.1) is 6.61 Å². The first kappa shape index (κ1) is 9.34. The van der Waals surface area contributed by atoms with Gasteiger partial charge < -0.3 is 15.6 Å². The highest BCUT2D eigenvalue weighted by atomic mass is 16.5. The van der Waals surface area contributed by atoms with Crippen molar-refractivity contribution in [2.75, 3.05) is 6.61 Å². The first-order valence-electron chi connectivity index (χ1n) is 4.94. The lowest BCUT2D eigenvalue weighted by Crippen LogP contribution is -2.00. The van der Waals surface area contributed by atoms with Crippen molar-refractivity contribution in [1.29, 1.82) is 0 Å². The molecule has 0 bridgehead atoms. The summed E-state index contributed by atoms with van der Waals surface area (Å²) >= 11 is 0. The van der Waals surface area contributed by atoms with E-state index in [4.69, 9.17) is 10.5 Å². The number of rotatable bonds is 4. The second-order valence-corrected chi connectivity index (χ2v) is 3.76. The molecule has 0 spiro atoms. The smallest absolute Gasteiger partial charge is 0.160 e. The van der Waals surface area contributed by atoms with Crippen molar-refractivity contribution < 1.29 is 9.84 Å². The third-order valence-corrected chi connectivity index (χ3v) is 2.43. The lowest BCUT2D eigenvalue weighted by molar-refractivity contribution is 0.284. The second kappa shape index (κ2) is 3.88. The molecule has 0 unspecified atom stereocenters. The maximum absolute atomic E-state index is 9.58. The normalized spacial score (nSPS) is 15.5. The van der Waals surface area contributed by atoms with Gasteiger partial charge in [-0.3, -0.25) is 0 Å². The molecule has 1 aliphatic carbocycles. The SMILES string of the molecule is NCc1ccc(OCC2CC2)c(O)c1. The summed E-state index contributed by atoms with van der Waals surface area (Å²) < 4.78 is 5.47. The molecule has 14 heavy (non-hydrogen) atoms. The Morgan fingerprint density at radius 1 is 1.43 bits per heavy atom. The topological polar surface area (TPSA) is 55.5 Å². The maximum atomic E-state index is 9.58. The summed E-state index contributed by atoms with van der Waals surface area (Å²) in [5, 5.41) is 9.58. The fraction of sp³-hybridized carbons (Fsp3) is 0.455. The molecule has 3 heteroatoms. The Bertz CT molecular complexity index is 321. The Morgan fingerprint density at radius 3 is 2.79 bits per heavy atom. The molecule has 3 nitrogen and oxygen atoms in total. The van der Waals surface area contributed by atoms with Crippen molar-refractivity contribution in [2.24, 2.45) is 11.7 Å². The predicted molar refractivity (Wildman–Crippen MR) is 54.2 cm³/mol. The summed E-state index contributed by atoms with van der Waals surface area (Å²) in [7, 11) is 0. The van der Waals surface area contributed by atoms with Crippen LogP contribution in [0, 0.1) is 5.92 Å². The van der Waals surface area contributed by atoms with Crippen LogP contribution in [-0.2, 0) is 6.54 Å². The largest absolute Gasteiger partial charge is 0.504 e. The van der Waals surface area contributed by atoms with Crippen molar-refractivity contribution in [3.05, 3.63) is 23.8 Å². The Morgan fingerprint density at radius 2 is 2.21 bits per heavy atom. The van der Waals surface area contributed by atoms with E-state index in [9.17, 15) is 5.11 Å². The lowest BCUT2D eigenvalue weighted by atomic mass is 10.2. The van der Waals surface area contributed by atoms with Gasteiger partial charge in [0.1, 0.15) is 0 Å². The zero-order valence-corrected chi connectivity index (χ0v) is 8.07. The van der Waals surface area contributed by atoms with Crippen molar-refractivity contribution in [1.82, 2.24) is 0 Å². The highest BCUT2D eigenvalue weighted by molar-refractivity contribution is 5.41. The molecule has 1 aromatic carbocycles. The van der Waals surface area contributed by atoms with E-state index in [1.807, 2.05) is 6.07 Å². The van der Waals surface area contributed by atoms with Gasteiger partial charge in [0.25, 0.3) is 0 Å². The molecule has 0 amide bonds. The molecule has 0 saturated heterocycles. The minimum Gasteiger partial charge on any atom is -0.504 e. The number of aromatic hydroxyl groups is 1. The van der Waals surface area contributed by atoms with Gasteiger partial charge in [-0.15, -0.1) is 0 Å². The molecule has 0 atom stereocenters. The molecule has 0 aliphatic heterocycles. The van der Waals surface area contributed by atoms with E-state index in [1.165, 1.54) is 12.8 Å². The van der Waals surface area contributed by atoms with Crippen LogP contribution >= 0.6 is 0 Å². The van der Waals surface area contributed by atoms with Crippen LogP contribution in [0.1, 0.15) is 18.4 Å². The Kier molecular flexibility index (Phi) is 2.59. The minimum absolute atomic E-state index is 0.189. The van der Waals surface area contributed by atoms with Crippen LogP contribution in [0.3, 0.4) is 0 Å². The molecule has 1 aliphatic rings. The van der Waals surface area contributed by atoms with E-state index in [-0.39, 0.29) is 5.75 Å². The molecule has 1 fully saturated rings. The maximum Gasteiger partial charge on any atom is 0.160 e. The summed E-state index contributed by atoms with van der Waals surface area (Å²) in [6.07, 6.45) is 2.50. The van der Waals surface area contributed by atoms with Gasteiger partial charge in [-0.1, -0.05) is 6.07 Å². The van der Waals surface area contributed by atoms with Crippen LogP contribution in [-0.4, -0.2) is 11.7 Å². The summed E-state index contributed by atoms with van der Waals surface area (Å²) in [4.78, 5) is 0. The zero-order valence-electron chi connectivity index (χ0n) is 8.07. The number of ether oxygens (including phenoxy) is 1. The van der Waals surface area contributed by atoms with E-state index in [1.54, 1.807) is 12.1 Å². The van der Waals surface area contributed by atoms with Crippen molar-refractivity contribution in [3.8, 4) is 11.5 Å². The molecule has 76 valence electrons. The van der Waals surface area contributed by atoms with Crippen LogP contribution in [0.15, 0.2) is 18.2 Å². The molecule has 1 saturated carbocycles. The quantitative estimate of drug-likeness (QED) is 0.764. The van der Waals surface area contributed by atoms with E-state index < -0.39 is 0 Å². The highest BCUT2D eigenvalue weighted by Gasteiger charge is 2.22. The standard InChI is InChI=1S/C11H15NO2/c12-6-9-3-4-11(10(13)5-9)14-7-8-1-2-8/h3-5,8,13H,1-2,6-7,12H2. The van der Waals surface area contributed by atoms with E-state index in [0.29, 0.717) is 18.2 Å². The third-order valence-electron chi connectivity index (χ3n) is 2.43. The number of nitrogens with two attached hydrogens (primary N) is 1. The summed E-state index contributed by atoms with van der Waals surface area (Å²) in [5.74, 6) is 1.45. The van der Waals surface area contributed by atoms with Gasteiger partial charge in [0, 0.05) is 6.54 Å². The van der Waals surface area contributed by atoms with Crippen LogP contribution in [0.4, 0.5) is 0 Å². The predicted octanol–water partition coefficient (Wildman–Crippen LogP) is 1.64. The average Bonchev–Trinajstić information content (AvgIpc) is 2.99. The third kappa shape index (κ3) is 2.17. The van der Waals surface area contributed by atoms with Gasteiger partial charge in [0.15, 0.2) is 11.5 Å². The highest BCUT2D eigenvalue weighted by Crippen LogP contribution is 2.32. The summed E-state index contributed by atoms with van der Waals surface area (Å²) in [5.41, 5.74) is 6.37. The van der Waals surface area contributed by atoms with Gasteiger partial charge in [-0.25, -0.2) is 0 Å². The van der Waals surface area contributed by atoms with Crippen molar-refractivity contribution in [2.45, 2.75) is 19.4 Å². The first-order chi connectivity index (χ1) is 6.79. The number of benzene rings is 1. The van der Waals surface area contributed by atoms with Crippen LogP contribution in [0.25, 0.3) is 0 Å². The molecule has 1 aromatic rings. The molecular weight excluding hydrogens is 178 g/mol. The van der Waals surface area contributed by atoms with Crippen LogP contribution < -0.4 is 10.5 Å². The summed E-state index contributed by atoms with van der Waals surface area (Å²) in [6, 6.07) is 5.31. The first-order valence-corrected chi connectivity index (χ1v) is 4.94. The molecule has 0 aromatic heterocycles. The van der Waals surface area contributed by atoms with E-state index in [0.717, 1.165) is 12.2 Å². The molecule has 2 rings (SSSR count). The van der Waals surface area contributed by atoms with Gasteiger partial charge in [0.2, 0.25) is 0 Å². The second-order valence-electron chi connectivity index (χ2n) is 3.76. The molecular formula is C11H15NO2. The monoisotopic (exact) mass is 193 g/mol. The molecule has 3 N–H and O–H groups in total. The zero-order chi connectivity index (χ0) is 9.97. The Hall–Kier alpha value is -1.22. The van der Waals surface area contributed by atoms with Crippen molar-refractivity contribution in [3.63, 3.8) is 0 Å². The van der Waals surface area contributed by atoms with Gasteiger partial charge in [-0.2, -0.15) is 0 Å². The van der Waals surface area contributed by atoms with E-state index >= 15 is 0 Å². The number of phenolic OH excluding ortho intramolecular Hbond substituents is 1. The van der Waals surface area contributed by atoms with Crippen LogP contribution in [0.2, 0.25) is 0 Å². The van der Waals surface area contributed by atoms with Crippen LogP contribution in [0.5, 0.6) is 11.5 Å². The number of hydrogen-bond acceptors (Lipinski definition) is 3. The van der Waals surface area contributed by atoms with E-state index in [2.05, 4.69) is 0 Å².